The molecule has 0 fully saturated rings. The number of hydrogen-bond donors (Lipinski definition) is 1. The summed E-state index contributed by atoms with van der Waals surface area (Å²) < 4.78 is 75.0. The summed E-state index contributed by atoms with van der Waals surface area (Å²) >= 11 is 0. The van der Waals surface area contributed by atoms with E-state index in [0.717, 1.165) is 22.9 Å². The van der Waals surface area contributed by atoms with Crippen LogP contribution in [0, 0.1) is 5.82 Å². The number of halogens is 4. The van der Waals surface area contributed by atoms with Gasteiger partial charge in [-0.05, 0) is 48.0 Å². The van der Waals surface area contributed by atoms with Gasteiger partial charge in [0.2, 0.25) is 0 Å². The number of nitrogens with zero attached hydrogens (tertiary/aromatic N) is 2. The fourth-order valence-corrected chi connectivity index (χ4v) is 2.94. The van der Waals surface area contributed by atoms with E-state index in [2.05, 4.69) is 5.10 Å². The van der Waals surface area contributed by atoms with Crippen molar-refractivity contribution in [3.63, 3.8) is 0 Å². The van der Waals surface area contributed by atoms with Crippen molar-refractivity contribution in [2.75, 3.05) is 0 Å². The largest absolute Gasteiger partial charge is 0.435 e. The van der Waals surface area contributed by atoms with Gasteiger partial charge in [-0.3, -0.25) is 0 Å². The van der Waals surface area contributed by atoms with Crippen LogP contribution in [0.25, 0.3) is 16.9 Å². The summed E-state index contributed by atoms with van der Waals surface area (Å²) in [6.45, 7) is 0. The first-order valence-electron chi connectivity index (χ1n) is 7.38. The quantitative estimate of drug-likeness (QED) is 0.550. The van der Waals surface area contributed by atoms with E-state index < -0.39 is 28.4 Å². The number of hydrogen-bond acceptors (Lipinski definition) is 3. The van der Waals surface area contributed by atoms with Gasteiger partial charge in [0, 0.05) is 5.56 Å². The number of aromatic nitrogens is 2. The van der Waals surface area contributed by atoms with E-state index in [4.69, 9.17) is 0 Å². The maximum Gasteiger partial charge on any atom is 0.435 e. The molecule has 1 aromatic heterocycles. The molecule has 0 saturated carbocycles. The van der Waals surface area contributed by atoms with Crippen LogP contribution in [0.5, 0.6) is 0 Å². The molecule has 0 atom stereocenters. The van der Waals surface area contributed by atoms with Crippen molar-refractivity contribution in [1.29, 1.82) is 0 Å². The van der Waals surface area contributed by atoms with Gasteiger partial charge < -0.3 is 0 Å². The lowest BCUT2D eigenvalue weighted by molar-refractivity contribution is -0.141. The first-order chi connectivity index (χ1) is 12.2. The maximum absolute atomic E-state index is 13.1. The molecule has 9 heteroatoms. The standard InChI is InChI=1S/C17H12F4N2O2S/c18-13-5-3-12(4-6-13)15-9-16(17(19,20)21)22-23(15)14-7-1-11(2-8-14)10-26(24)25/h1-9,26H,10H2. The van der Waals surface area contributed by atoms with Gasteiger partial charge >= 0.3 is 6.18 Å². The zero-order valence-electron chi connectivity index (χ0n) is 13.1. The van der Waals surface area contributed by atoms with E-state index in [1.54, 1.807) is 0 Å². The van der Waals surface area contributed by atoms with Gasteiger partial charge in [0.1, 0.15) is 16.5 Å². The third kappa shape index (κ3) is 3.93. The molecule has 2 aromatic carbocycles. The summed E-state index contributed by atoms with van der Waals surface area (Å²) in [5, 5.41) is 3.62. The molecular weight excluding hydrogens is 372 g/mol. The molecule has 0 N–H and O–H groups in total. The number of rotatable bonds is 4. The monoisotopic (exact) mass is 384 g/mol. The van der Waals surface area contributed by atoms with Gasteiger partial charge in [-0.1, -0.05) is 12.1 Å². The van der Waals surface area contributed by atoms with Crippen LogP contribution in [0.15, 0.2) is 54.6 Å². The Morgan fingerprint density at radius 2 is 1.58 bits per heavy atom. The van der Waals surface area contributed by atoms with E-state index in [-0.39, 0.29) is 11.4 Å². The molecule has 0 saturated heterocycles. The van der Waals surface area contributed by atoms with Gasteiger partial charge in [-0.2, -0.15) is 18.3 Å². The summed E-state index contributed by atoms with van der Waals surface area (Å²) in [4.78, 5) is 0. The lowest BCUT2D eigenvalue weighted by Crippen LogP contribution is -2.07. The van der Waals surface area contributed by atoms with Crippen LogP contribution in [0.1, 0.15) is 11.3 Å². The summed E-state index contributed by atoms with van der Waals surface area (Å²) in [7, 11) is -2.60. The predicted octanol–water partition coefficient (Wildman–Crippen LogP) is 3.81. The molecule has 0 unspecified atom stereocenters. The molecule has 0 spiro atoms. The second-order valence-electron chi connectivity index (χ2n) is 5.49. The topological polar surface area (TPSA) is 52.0 Å². The fraction of sp³-hybridized carbons (Fsp3) is 0.118. The van der Waals surface area contributed by atoms with Gasteiger partial charge in [-0.25, -0.2) is 17.5 Å². The molecule has 4 nitrogen and oxygen atoms in total. The van der Waals surface area contributed by atoms with Crippen LogP contribution in [-0.4, -0.2) is 18.2 Å². The smallest absolute Gasteiger partial charge is 0.233 e. The Hall–Kier alpha value is -2.68. The van der Waals surface area contributed by atoms with Crippen LogP contribution in [-0.2, 0) is 22.6 Å². The minimum Gasteiger partial charge on any atom is -0.233 e. The Morgan fingerprint density at radius 3 is 2.12 bits per heavy atom. The first kappa shape index (κ1) is 18.1. The lowest BCUT2D eigenvalue weighted by atomic mass is 10.1. The minimum absolute atomic E-state index is 0.139. The highest BCUT2D eigenvalue weighted by atomic mass is 32.2. The van der Waals surface area contributed by atoms with Gasteiger partial charge in [0.15, 0.2) is 5.69 Å². The van der Waals surface area contributed by atoms with E-state index in [9.17, 15) is 26.0 Å². The number of alkyl halides is 3. The van der Waals surface area contributed by atoms with Crippen LogP contribution in [0.3, 0.4) is 0 Å². The summed E-state index contributed by atoms with van der Waals surface area (Å²) in [5.41, 5.74) is 0.255. The zero-order valence-corrected chi connectivity index (χ0v) is 14.0. The molecule has 0 radical (unpaired) electrons. The molecule has 0 bridgehead atoms. The van der Waals surface area contributed by atoms with Crippen molar-refractivity contribution >= 4 is 10.7 Å². The van der Waals surface area contributed by atoms with Crippen molar-refractivity contribution in [2.24, 2.45) is 0 Å². The maximum atomic E-state index is 13.1. The molecule has 0 amide bonds. The fourth-order valence-electron chi connectivity index (χ4n) is 2.43. The van der Waals surface area contributed by atoms with E-state index in [0.29, 0.717) is 16.8 Å². The van der Waals surface area contributed by atoms with Crippen molar-refractivity contribution < 1.29 is 26.0 Å². The molecule has 3 rings (SSSR count). The van der Waals surface area contributed by atoms with Crippen LogP contribution in [0.2, 0.25) is 0 Å². The predicted molar refractivity (Wildman–Crippen MR) is 88.0 cm³/mol. The number of benzene rings is 2. The number of thiol groups is 1. The molecule has 3 aromatic rings. The normalized spacial score (nSPS) is 11.9. The third-order valence-electron chi connectivity index (χ3n) is 3.63. The third-order valence-corrected chi connectivity index (χ3v) is 4.26. The molecule has 0 aliphatic carbocycles. The van der Waals surface area contributed by atoms with Gasteiger partial charge in [0.05, 0.1) is 17.1 Å². The highest BCUT2D eigenvalue weighted by Gasteiger charge is 2.35. The average Bonchev–Trinajstić information content (AvgIpc) is 3.01. The van der Waals surface area contributed by atoms with Crippen molar-refractivity contribution in [1.82, 2.24) is 9.78 Å². The molecule has 1 heterocycles. The molecule has 26 heavy (non-hydrogen) atoms. The minimum atomic E-state index is -4.64. The highest BCUT2D eigenvalue weighted by molar-refractivity contribution is 7.71. The van der Waals surface area contributed by atoms with Crippen molar-refractivity contribution in [3.05, 3.63) is 71.7 Å². The molecule has 0 aliphatic heterocycles. The zero-order chi connectivity index (χ0) is 18.9. The molecule has 136 valence electrons. The summed E-state index contributed by atoms with van der Waals surface area (Å²) in [6, 6.07) is 11.9. The second kappa shape index (κ2) is 6.91. The Labute approximate surface area is 147 Å². The van der Waals surface area contributed by atoms with Crippen molar-refractivity contribution in [2.45, 2.75) is 11.9 Å². The van der Waals surface area contributed by atoms with Crippen LogP contribution < -0.4 is 0 Å². The van der Waals surface area contributed by atoms with Crippen molar-refractivity contribution in [3.8, 4) is 16.9 Å². The Balaban J connectivity index is 2.10. The second-order valence-corrected chi connectivity index (χ2v) is 6.47. The van der Waals surface area contributed by atoms with Crippen LogP contribution in [0.4, 0.5) is 17.6 Å². The van der Waals surface area contributed by atoms with Crippen LogP contribution >= 0.6 is 0 Å². The average molecular weight is 384 g/mol. The molecular formula is C17H12F4N2O2S. The first-order valence-corrected chi connectivity index (χ1v) is 8.74. The molecule has 0 aliphatic rings. The Bertz CT molecular complexity index is 983. The Kier molecular flexibility index (Phi) is 4.82. The van der Waals surface area contributed by atoms with E-state index in [1.165, 1.54) is 36.4 Å². The highest BCUT2D eigenvalue weighted by Crippen LogP contribution is 2.33. The summed E-state index contributed by atoms with van der Waals surface area (Å²) in [6.07, 6.45) is -4.64. The van der Waals surface area contributed by atoms with Gasteiger partial charge in [-0.15, -0.1) is 0 Å². The van der Waals surface area contributed by atoms with E-state index >= 15 is 0 Å². The lowest BCUT2D eigenvalue weighted by Gasteiger charge is -2.08. The summed E-state index contributed by atoms with van der Waals surface area (Å²) in [5.74, 6) is -0.667. The van der Waals surface area contributed by atoms with Gasteiger partial charge in [0.25, 0.3) is 0 Å². The van der Waals surface area contributed by atoms with E-state index in [1.807, 2.05) is 0 Å². The Morgan fingerprint density at radius 1 is 0.962 bits per heavy atom. The SMILES string of the molecule is O=[SH](=O)Cc1ccc(-n2nc(C(F)(F)F)cc2-c2ccc(F)cc2)cc1.